The molecular weight excluding hydrogens is 514 g/mol. The van der Waals surface area contributed by atoms with Gasteiger partial charge in [-0.15, -0.1) is 0 Å². The van der Waals surface area contributed by atoms with Crippen LogP contribution >= 0.6 is 0 Å². The molecule has 1 aromatic heterocycles. The third-order valence-electron chi connectivity index (χ3n) is 7.16. The van der Waals surface area contributed by atoms with Gasteiger partial charge in [0, 0.05) is 24.5 Å². The van der Waals surface area contributed by atoms with Crippen LogP contribution in [-0.4, -0.2) is 41.1 Å². The van der Waals surface area contributed by atoms with Crippen molar-refractivity contribution in [1.29, 1.82) is 0 Å². The standard InChI is InChI=1S/C34H39N3O4/c1-23(2)17-27(33(39)35-3)20-32(38)31(37-34(40)28-19-26-11-7-8-12-30(26)36-21-28)18-24-13-15-29(16-14-24)41-22-25-9-5-4-6-10-25/h4-16,19,21,23,27,31-32,38H,17-18,20,22H2,1-3H3,(H,35,39)(H,37,40)/t27-,31?,32+/m1/s1. The summed E-state index contributed by atoms with van der Waals surface area (Å²) in [5.74, 6) is 0.213. The molecule has 0 spiro atoms. The highest BCUT2D eigenvalue weighted by atomic mass is 16.5. The molecule has 4 aromatic rings. The summed E-state index contributed by atoms with van der Waals surface area (Å²) in [6, 6.07) is 26.4. The molecule has 0 saturated heterocycles. The summed E-state index contributed by atoms with van der Waals surface area (Å²) in [6.07, 6.45) is 1.86. The molecule has 0 aliphatic heterocycles. The third-order valence-corrected chi connectivity index (χ3v) is 7.16. The first-order valence-electron chi connectivity index (χ1n) is 14.1. The Balaban J connectivity index is 1.50. The van der Waals surface area contributed by atoms with Crippen molar-refractivity contribution < 1.29 is 19.4 Å². The minimum Gasteiger partial charge on any atom is -0.489 e. The van der Waals surface area contributed by atoms with Crippen molar-refractivity contribution in [1.82, 2.24) is 15.6 Å². The van der Waals surface area contributed by atoms with E-state index in [1.165, 1.54) is 0 Å². The summed E-state index contributed by atoms with van der Waals surface area (Å²) in [7, 11) is 1.61. The van der Waals surface area contributed by atoms with Crippen molar-refractivity contribution in [3.05, 3.63) is 108 Å². The van der Waals surface area contributed by atoms with Gasteiger partial charge in [0.25, 0.3) is 5.91 Å². The maximum Gasteiger partial charge on any atom is 0.253 e. The number of hydrogen-bond donors (Lipinski definition) is 3. The van der Waals surface area contributed by atoms with E-state index < -0.39 is 12.1 Å². The number of rotatable bonds is 13. The van der Waals surface area contributed by atoms with E-state index >= 15 is 0 Å². The monoisotopic (exact) mass is 553 g/mol. The molecule has 0 aliphatic rings. The third kappa shape index (κ3) is 8.63. The average Bonchev–Trinajstić information content (AvgIpc) is 2.99. The second-order valence-corrected chi connectivity index (χ2v) is 10.9. The zero-order valence-electron chi connectivity index (χ0n) is 23.9. The van der Waals surface area contributed by atoms with E-state index in [0.717, 1.165) is 27.8 Å². The van der Waals surface area contributed by atoms with Crippen LogP contribution in [0.25, 0.3) is 10.9 Å². The Hall–Kier alpha value is -4.23. The first-order chi connectivity index (χ1) is 19.8. The fourth-order valence-electron chi connectivity index (χ4n) is 4.99. The highest BCUT2D eigenvalue weighted by Crippen LogP contribution is 2.22. The molecule has 7 nitrogen and oxygen atoms in total. The molecule has 214 valence electrons. The van der Waals surface area contributed by atoms with Crippen molar-refractivity contribution in [3.8, 4) is 5.75 Å². The number of nitrogens with zero attached hydrogens (tertiary/aromatic N) is 1. The van der Waals surface area contributed by atoms with E-state index in [1.54, 1.807) is 19.3 Å². The van der Waals surface area contributed by atoms with Crippen molar-refractivity contribution >= 4 is 22.7 Å². The first-order valence-corrected chi connectivity index (χ1v) is 14.1. The van der Waals surface area contributed by atoms with Crippen LogP contribution < -0.4 is 15.4 Å². The fourth-order valence-corrected chi connectivity index (χ4v) is 4.99. The molecule has 2 amide bonds. The van der Waals surface area contributed by atoms with Crippen LogP contribution in [0, 0.1) is 11.8 Å². The lowest BCUT2D eigenvalue weighted by Crippen LogP contribution is -2.46. The fraction of sp³-hybridized carbons (Fsp3) is 0.324. The van der Waals surface area contributed by atoms with Gasteiger partial charge in [-0.05, 0) is 60.6 Å². The average molecular weight is 554 g/mol. The van der Waals surface area contributed by atoms with E-state index in [-0.39, 0.29) is 30.1 Å². The normalized spacial score (nSPS) is 13.4. The highest BCUT2D eigenvalue weighted by molar-refractivity contribution is 5.97. The molecule has 7 heteroatoms. The van der Waals surface area contributed by atoms with Gasteiger partial charge in [-0.2, -0.15) is 0 Å². The number of amides is 2. The van der Waals surface area contributed by atoms with Crippen LogP contribution in [0.5, 0.6) is 5.75 Å². The summed E-state index contributed by atoms with van der Waals surface area (Å²) >= 11 is 0. The Labute approximate surface area is 242 Å². The molecule has 3 atom stereocenters. The van der Waals surface area contributed by atoms with E-state index in [9.17, 15) is 14.7 Å². The van der Waals surface area contributed by atoms with Crippen LogP contribution in [0.1, 0.15) is 48.2 Å². The van der Waals surface area contributed by atoms with Crippen molar-refractivity contribution in [2.75, 3.05) is 7.05 Å². The Morgan fingerprint density at radius 1 is 0.902 bits per heavy atom. The van der Waals surface area contributed by atoms with Crippen LogP contribution in [-0.2, 0) is 17.8 Å². The van der Waals surface area contributed by atoms with Crippen molar-refractivity contribution in [2.45, 2.75) is 51.9 Å². The predicted octanol–water partition coefficient (Wildman–Crippen LogP) is 5.31. The number of carbonyl (C=O) groups is 2. The lowest BCUT2D eigenvalue weighted by atomic mass is 9.87. The number of pyridine rings is 1. The SMILES string of the molecule is CNC(=O)[C@H](CC(C)C)C[C@H](O)C(Cc1ccc(OCc2ccccc2)cc1)NC(=O)c1cnc2ccccc2c1. The summed E-state index contributed by atoms with van der Waals surface area (Å²) in [4.78, 5) is 30.4. The molecule has 0 bridgehead atoms. The summed E-state index contributed by atoms with van der Waals surface area (Å²) < 4.78 is 5.91. The largest absolute Gasteiger partial charge is 0.489 e. The smallest absolute Gasteiger partial charge is 0.253 e. The molecule has 1 heterocycles. The lowest BCUT2D eigenvalue weighted by Gasteiger charge is -2.28. The van der Waals surface area contributed by atoms with E-state index in [0.29, 0.717) is 25.0 Å². The van der Waals surface area contributed by atoms with Gasteiger partial charge in [-0.1, -0.05) is 74.5 Å². The van der Waals surface area contributed by atoms with Gasteiger partial charge in [0.2, 0.25) is 5.91 Å². The van der Waals surface area contributed by atoms with Gasteiger partial charge in [0.05, 0.1) is 23.2 Å². The number of carbonyl (C=O) groups excluding carboxylic acids is 2. The van der Waals surface area contributed by atoms with Gasteiger partial charge >= 0.3 is 0 Å². The van der Waals surface area contributed by atoms with Gasteiger partial charge in [-0.3, -0.25) is 14.6 Å². The zero-order chi connectivity index (χ0) is 29.2. The number of hydrogen-bond acceptors (Lipinski definition) is 5. The van der Waals surface area contributed by atoms with E-state index in [2.05, 4.69) is 29.5 Å². The number of nitrogens with one attached hydrogen (secondary N) is 2. The van der Waals surface area contributed by atoms with Crippen LogP contribution in [0.3, 0.4) is 0 Å². The van der Waals surface area contributed by atoms with Gasteiger partial charge in [0.15, 0.2) is 0 Å². The molecule has 4 rings (SSSR count). The molecule has 0 fully saturated rings. The van der Waals surface area contributed by atoms with Crippen molar-refractivity contribution in [2.24, 2.45) is 11.8 Å². The summed E-state index contributed by atoms with van der Waals surface area (Å²) in [6.45, 7) is 4.57. The zero-order valence-corrected chi connectivity index (χ0v) is 23.9. The molecule has 1 unspecified atom stereocenters. The predicted molar refractivity (Wildman–Crippen MR) is 162 cm³/mol. The van der Waals surface area contributed by atoms with Crippen LogP contribution in [0.4, 0.5) is 0 Å². The molecule has 41 heavy (non-hydrogen) atoms. The summed E-state index contributed by atoms with van der Waals surface area (Å²) in [5, 5.41) is 18.0. The maximum absolute atomic E-state index is 13.4. The number of benzene rings is 3. The second kappa shape index (κ2) is 14.4. The quantitative estimate of drug-likeness (QED) is 0.208. The Kier molecular flexibility index (Phi) is 10.5. The minimum atomic E-state index is -0.942. The molecule has 3 N–H and O–H groups in total. The number of aromatic nitrogens is 1. The molecule has 0 radical (unpaired) electrons. The minimum absolute atomic E-state index is 0.110. The molecule has 0 saturated carbocycles. The Morgan fingerprint density at radius 3 is 2.32 bits per heavy atom. The van der Waals surface area contributed by atoms with Crippen LogP contribution in [0.15, 0.2) is 91.1 Å². The first kappa shape index (κ1) is 29.7. The van der Waals surface area contributed by atoms with Gasteiger partial charge in [-0.25, -0.2) is 0 Å². The number of fused-ring (bicyclic) bond motifs is 1. The molecule has 3 aromatic carbocycles. The number of aliphatic hydroxyl groups excluding tert-OH is 1. The number of para-hydroxylation sites is 1. The number of ether oxygens (including phenoxy) is 1. The Bertz CT molecular complexity index is 1420. The van der Waals surface area contributed by atoms with E-state index in [1.807, 2.05) is 78.9 Å². The van der Waals surface area contributed by atoms with E-state index in [4.69, 9.17) is 4.74 Å². The second-order valence-electron chi connectivity index (χ2n) is 10.9. The van der Waals surface area contributed by atoms with Gasteiger partial charge in [0.1, 0.15) is 12.4 Å². The van der Waals surface area contributed by atoms with Crippen molar-refractivity contribution in [3.63, 3.8) is 0 Å². The lowest BCUT2D eigenvalue weighted by molar-refractivity contribution is -0.126. The molecular formula is C34H39N3O4. The highest BCUT2D eigenvalue weighted by Gasteiger charge is 2.29. The Morgan fingerprint density at radius 2 is 1.61 bits per heavy atom. The summed E-state index contributed by atoms with van der Waals surface area (Å²) in [5.41, 5.74) is 3.23. The van der Waals surface area contributed by atoms with Gasteiger partial charge < -0.3 is 20.5 Å². The topological polar surface area (TPSA) is 101 Å². The van der Waals surface area contributed by atoms with Crippen LogP contribution in [0.2, 0.25) is 0 Å². The number of aliphatic hydroxyl groups is 1. The molecule has 0 aliphatic carbocycles. The maximum atomic E-state index is 13.4.